The van der Waals surface area contributed by atoms with Crippen molar-refractivity contribution in [2.24, 2.45) is 14.1 Å². The fourth-order valence-corrected chi connectivity index (χ4v) is 2.24. The van der Waals surface area contributed by atoms with Crippen LogP contribution in [0.2, 0.25) is 0 Å². The molecule has 0 unspecified atom stereocenters. The minimum atomic E-state index is -0.669. The predicted molar refractivity (Wildman–Crippen MR) is 78.6 cm³/mol. The third-order valence-corrected chi connectivity index (χ3v) is 3.40. The van der Waals surface area contributed by atoms with Crippen molar-refractivity contribution in [2.45, 2.75) is 0 Å². The number of nitro groups is 1. The molecule has 0 aliphatic carbocycles. The Morgan fingerprint density at radius 2 is 1.82 bits per heavy atom. The SMILES string of the molecule is Cn1c(=O)c2nc3ccc(N)c([N+](=O)[O-])c3nc2n(C)c1=O. The maximum atomic E-state index is 12.1. The lowest BCUT2D eigenvalue weighted by atomic mass is 10.2. The smallest absolute Gasteiger partial charge is 0.332 e. The molecule has 112 valence electrons. The van der Waals surface area contributed by atoms with E-state index in [1.165, 1.54) is 26.2 Å². The van der Waals surface area contributed by atoms with E-state index in [9.17, 15) is 19.7 Å². The second kappa shape index (κ2) is 4.35. The molecule has 1 aromatic carbocycles. The number of aryl methyl sites for hydroxylation is 1. The van der Waals surface area contributed by atoms with Crippen LogP contribution < -0.4 is 17.0 Å². The van der Waals surface area contributed by atoms with Gasteiger partial charge in [0.1, 0.15) is 5.69 Å². The fraction of sp³-hybridized carbons (Fsp3) is 0.167. The molecule has 0 spiro atoms. The summed E-state index contributed by atoms with van der Waals surface area (Å²) in [7, 11) is 2.73. The molecule has 0 amide bonds. The molecule has 0 saturated carbocycles. The third-order valence-electron chi connectivity index (χ3n) is 3.40. The highest BCUT2D eigenvalue weighted by molar-refractivity contribution is 5.94. The van der Waals surface area contributed by atoms with Crippen LogP contribution in [-0.4, -0.2) is 24.0 Å². The quantitative estimate of drug-likeness (QED) is 0.281. The van der Waals surface area contributed by atoms with Gasteiger partial charge in [-0.15, -0.1) is 0 Å². The van der Waals surface area contributed by atoms with Gasteiger partial charge in [-0.25, -0.2) is 14.8 Å². The topological polar surface area (TPSA) is 139 Å². The molecule has 2 heterocycles. The summed E-state index contributed by atoms with van der Waals surface area (Å²) in [5, 5.41) is 11.2. The Morgan fingerprint density at radius 3 is 2.45 bits per heavy atom. The number of aromatic nitrogens is 4. The van der Waals surface area contributed by atoms with Gasteiger partial charge in [-0.3, -0.25) is 24.0 Å². The van der Waals surface area contributed by atoms with Gasteiger partial charge >= 0.3 is 11.4 Å². The summed E-state index contributed by atoms with van der Waals surface area (Å²) in [6, 6.07) is 2.77. The summed E-state index contributed by atoms with van der Waals surface area (Å²) in [5.41, 5.74) is 3.93. The van der Waals surface area contributed by atoms with E-state index in [2.05, 4.69) is 9.97 Å². The molecule has 2 aromatic heterocycles. The van der Waals surface area contributed by atoms with Gasteiger partial charge in [0.05, 0.1) is 10.4 Å². The lowest BCUT2D eigenvalue weighted by Gasteiger charge is -2.07. The van der Waals surface area contributed by atoms with Crippen LogP contribution in [0.4, 0.5) is 11.4 Å². The first-order valence-corrected chi connectivity index (χ1v) is 6.13. The van der Waals surface area contributed by atoms with E-state index in [1.54, 1.807) is 0 Å². The second-order valence-corrected chi connectivity index (χ2v) is 4.73. The highest BCUT2D eigenvalue weighted by Crippen LogP contribution is 2.29. The molecule has 3 rings (SSSR count). The zero-order chi connectivity index (χ0) is 16.2. The van der Waals surface area contributed by atoms with Crippen LogP contribution in [0.1, 0.15) is 0 Å². The fourth-order valence-electron chi connectivity index (χ4n) is 2.24. The number of hydrogen-bond donors (Lipinski definition) is 1. The minimum Gasteiger partial charge on any atom is -0.393 e. The van der Waals surface area contributed by atoms with Crippen molar-refractivity contribution in [3.8, 4) is 0 Å². The molecular weight excluding hydrogens is 292 g/mol. The monoisotopic (exact) mass is 302 g/mol. The van der Waals surface area contributed by atoms with E-state index in [0.29, 0.717) is 0 Å². The number of fused-ring (bicyclic) bond motifs is 2. The molecule has 0 fully saturated rings. The van der Waals surface area contributed by atoms with Crippen LogP contribution in [0, 0.1) is 10.1 Å². The normalized spacial score (nSPS) is 11.2. The number of rotatable bonds is 1. The molecule has 0 aliphatic heterocycles. The van der Waals surface area contributed by atoms with Gasteiger partial charge < -0.3 is 5.73 Å². The Bertz CT molecular complexity index is 1080. The van der Waals surface area contributed by atoms with Gasteiger partial charge in [-0.2, -0.15) is 0 Å². The van der Waals surface area contributed by atoms with E-state index in [4.69, 9.17) is 5.73 Å². The molecule has 22 heavy (non-hydrogen) atoms. The van der Waals surface area contributed by atoms with Gasteiger partial charge in [0.25, 0.3) is 5.56 Å². The van der Waals surface area contributed by atoms with Crippen LogP contribution in [-0.2, 0) is 14.1 Å². The van der Waals surface area contributed by atoms with E-state index >= 15 is 0 Å². The number of nitrogen functional groups attached to an aromatic ring is 1. The summed E-state index contributed by atoms with van der Waals surface area (Å²) in [6.07, 6.45) is 0. The number of nitrogens with zero attached hydrogens (tertiary/aromatic N) is 5. The zero-order valence-electron chi connectivity index (χ0n) is 11.6. The summed E-state index contributed by atoms with van der Waals surface area (Å²) in [6.45, 7) is 0. The molecule has 2 N–H and O–H groups in total. The molecule has 3 aromatic rings. The van der Waals surface area contributed by atoms with E-state index < -0.39 is 21.9 Å². The second-order valence-electron chi connectivity index (χ2n) is 4.73. The average molecular weight is 302 g/mol. The molecule has 0 radical (unpaired) electrons. The van der Waals surface area contributed by atoms with Gasteiger partial charge in [0.2, 0.25) is 0 Å². The van der Waals surface area contributed by atoms with Crippen molar-refractivity contribution in [1.29, 1.82) is 0 Å². The van der Waals surface area contributed by atoms with E-state index in [1.807, 2.05) is 0 Å². The van der Waals surface area contributed by atoms with Crippen LogP contribution in [0.25, 0.3) is 22.2 Å². The number of benzene rings is 1. The van der Waals surface area contributed by atoms with Crippen molar-refractivity contribution in [3.63, 3.8) is 0 Å². The van der Waals surface area contributed by atoms with Gasteiger partial charge in [0, 0.05) is 14.1 Å². The standard InChI is InChI=1S/C12H10N6O4/c1-16-10-8(11(19)17(2)12(16)20)14-6-4-3-5(13)9(18(21)22)7(6)15-10/h3-4H,13H2,1-2H3. The van der Waals surface area contributed by atoms with Gasteiger partial charge in [-0.05, 0) is 12.1 Å². The van der Waals surface area contributed by atoms with E-state index in [-0.39, 0.29) is 27.9 Å². The number of nitro benzene ring substituents is 1. The Hall–Kier alpha value is -3.30. The minimum absolute atomic E-state index is 0.0331. The summed E-state index contributed by atoms with van der Waals surface area (Å²) < 4.78 is 2.00. The predicted octanol–water partition coefficient (Wildman–Crippen LogP) is -0.329. The van der Waals surface area contributed by atoms with Crippen LogP contribution >= 0.6 is 0 Å². The van der Waals surface area contributed by atoms with E-state index in [0.717, 1.165) is 9.13 Å². The number of nitrogens with two attached hydrogens (primary N) is 1. The Balaban J connectivity index is 2.64. The van der Waals surface area contributed by atoms with Crippen LogP contribution in [0.3, 0.4) is 0 Å². The maximum Gasteiger partial charge on any atom is 0.332 e. The largest absolute Gasteiger partial charge is 0.393 e. The van der Waals surface area contributed by atoms with Crippen LogP contribution in [0.5, 0.6) is 0 Å². The first-order valence-electron chi connectivity index (χ1n) is 6.13. The van der Waals surface area contributed by atoms with Crippen molar-refractivity contribution >= 4 is 33.6 Å². The molecule has 10 nitrogen and oxygen atoms in total. The third kappa shape index (κ3) is 1.67. The molecule has 0 atom stereocenters. The highest BCUT2D eigenvalue weighted by Gasteiger charge is 2.21. The van der Waals surface area contributed by atoms with Gasteiger partial charge in [-0.1, -0.05) is 0 Å². The summed E-state index contributed by atoms with van der Waals surface area (Å²) in [4.78, 5) is 42.7. The molecule has 0 saturated heterocycles. The number of anilines is 1. The molecule has 0 bridgehead atoms. The number of hydrogen-bond acceptors (Lipinski definition) is 7. The molecule has 0 aliphatic rings. The summed E-state index contributed by atoms with van der Waals surface area (Å²) in [5.74, 6) is 0. The van der Waals surface area contributed by atoms with Crippen molar-refractivity contribution in [2.75, 3.05) is 5.73 Å². The Labute approximate surface area is 121 Å². The average Bonchev–Trinajstić information content (AvgIpc) is 2.49. The lowest BCUT2D eigenvalue weighted by molar-refractivity contribution is -0.382. The van der Waals surface area contributed by atoms with Gasteiger partial charge in [0.15, 0.2) is 16.7 Å². The molecule has 10 heteroatoms. The maximum absolute atomic E-state index is 12.1. The first kappa shape index (κ1) is 13.7. The highest BCUT2D eigenvalue weighted by atomic mass is 16.6. The Morgan fingerprint density at radius 1 is 1.14 bits per heavy atom. The summed E-state index contributed by atoms with van der Waals surface area (Å²) >= 11 is 0. The van der Waals surface area contributed by atoms with Crippen molar-refractivity contribution in [3.05, 3.63) is 43.1 Å². The Kier molecular flexibility index (Phi) is 2.70. The zero-order valence-corrected chi connectivity index (χ0v) is 11.6. The van der Waals surface area contributed by atoms with Crippen molar-refractivity contribution in [1.82, 2.24) is 19.1 Å². The molecular formula is C12H10N6O4. The van der Waals surface area contributed by atoms with Crippen molar-refractivity contribution < 1.29 is 4.92 Å². The lowest BCUT2D eigenvalue weighted by Crippen LogP contribution is -2.37. The first-order chi connectivity index (χ1) is 10.3. The van der Waals surface area contributed by atoms with Crippen LogP contribution in [0.15, 0.2) is 21.7 Å².